The Hall–Kier alpha value is -1.40. The van der Waals surface area contributed by atoms with E-state index in [1.807, 2.05) is 16.0 Å². The first-order valence-electron chi connectivity index (χ1n) is 6.39. The monoisotopic (exact) mass is 281 g/mol. The Morgan fingerprint density at radius 3 is 3.05 bits per heavy atom. The third kappa shape index (κ3) is 2.64. The van der Waals surface area contributed by atoms with Crippen molar-refractivity contribution in [2.24, 2.45) is 0 Å². The van der Waals surface area contributed by atoms with Crippen molar-refractivity contribution in [2.75, 3.05) is 25.2 Å². The highest BCUT2D eigenvalue weighted by molar-refractivity contribution is 7.15. The van der Waals surface area contributed by atoms with Crippen LogP contribution in [-0.2, 0) is 4.74 Å². The number of fused-ring (bicyclic) bond motifs is 1. The lowest BCUT2D eigenvalue weighted by Crippen LogP contribution is -2.36. The summed E-state index contributed by atoms with van der Waals surface area (Å²) in [7, 11) is 1.68. The van der Waals surface area contributed by atoms with Gasteiger partial charge in [0.2, 0.25) is 0 Å². The quantitative estimate of drug-likeness (QED) is 0.731. The predicted molar refractivity (Wildman–Crippen MR) is 77.4 cm³/mol. The molecule has 19 heavy (non-hydrogen) atoms. The Bertz CT molecular complexity index is 549. The first-order chi connectivity index (χ1) is 9.22. The standard InChI is InChI=1S/C13H19N3O2S/c1-4-10(2)15(5-7-18-3)12-11(9-17)16-6-8-19-13(16)14-12/h6,8-10H,4-5,7H2,1-3H3. The van der Waals surface area contributed by atoms with E-state index in [0.717, 1.165) is 30.0 Å². The van der Waals surface area contributed by atoms with Gasteiger partial charge in [0, 0.05) is 31.3 Å². The zero-order chi connectivity index (χ0) is 13.8. The third-order valence-electron chi connectivity index (χ3n) is 3.32. The summed E-state index contributed by atoms with van der Waals surface area (Å²) < 4.78 is 7.00. The molecule has 0 fully saturated rings. The second-order valence-corrected chi connectivity index (χ2v) is 5.31. The number of anilines is 1. The summed E-state index contributed by atoms with van der Waals surface area (Å²) in [6.45, 7) is 5.62. The number of thiazole rings is 1. The Balaban J connectivity index is 2.41. The Kier molecular flexibility index (Phi) is 4.55. The summed E-state index contributed by atoms with van der Waals surface area (Å²) in [5.74, 6) is 0.758. The van der Waals surface area contributed by atoms with Crippen molar-refractivity contribution < 1.29 is 9.53 Å². The summed E-state index contributed by atoms with van der Waals surface area (Å²) in [6, 6.07) is 0.318. The molecule has 0 radical (unpaired) electrons. The van der Waals surface area contributed by atoms with E-state index in [0.29, 0.717) is 18.3 Å². The molecular weight excluding hydrogens is 262 g/mol. The zero-order valence-electron chi connectivity index (χ0n) is 11.5. The van der Waals surface area contributed by atoms with Crippen molar-refractivity contribution >= 4 is 28.4 Å². The Morgan fingerprint density at radius 1 is 1.63 bits per heavy atom. The highest BCUT2D eigenvalue weighted by Crippen LogP contribution is 2.25. The van der Waals surface area contributed by atoms with Crippen molar-refractivity contribution in [3.63, 3.8) is 0 Å². The van der Waals surface area contributed by atoms with E-state index in [2.05, 4.69) is 23.7 Å². The average Bonchev–Trinajstić information content (AvgIpc) is 2.99. The molecule has 0 aliphatic carbocycles. The van der Waals surface area contributed by atoms with Crippen LogP contribution in [0.25, 0.3) is 4.96 Å². The first kappa shape index (κ1) is 14.0. The van der Waals surface area contributed by atoms with Crippen LogP contribution in [0.4, 0.5) is 5.82 Å². The van der Waals surface area contributed by atoms with Gasteiger partial charge in [0.15, 0.2) is 17.1 Å². The highest BCUT2D eigenvalue weighted by atomic mass is 32.1. The van der Waals surface area contributed by atoms with Gasteiger partial charge in [-0.25, -0.2) is 4.98 Å². The van der Waals surface area contributed by atoms with Crippen molar-refractivity contribution in [3.8, 4) is 0 Å². The average molecular weight is 281 g/mol. The van der Waals surface area contributed by atoms with E-state index in [-0.39, 0.29) is 0 Å². The molecule has 6 heteroatoms. The van der Waals surface area contributed by atoms with Crippen molar-refractivity contribution in [2.45, 2.75) is 26.3 Å². The van der Waals surface area contributed by atoms with E-state index < -0.39 is 0 Å². The zero-order valence-corrected chi connectivity index (χ0v) is 12.3. The van der Waals surface area contributed by atoms with E-state index in [9.17, 15) is 4.79 Å². The molecule has 0 saturated heterocycles. The van der Waals surface area contributed by atoms with Gasteiger partial charge in [-0.3, -0.25) is 9.20 Å². The van der Waals surface area contributed by atoms with E-state index in [4.69, 9.17) is 4.74 Å². The number of carbonyl (C=O) groups is 1. The number of imidazole rings is 1. The maximum atomic E-state index is 11.4. The van der Waals surface area contributed by atoms with Gasteiger partial charge in [-0.05, 0) is 13.3 Å². The topological polar surface area (TPSA) is 46.8 Å². The smallest absolute Gasteiger partial charge is 0.196 e. The molecule has 2 heterocycles. The summed E-state index contributed by atoms with van der Waals surface area (Å²) in [5, 5.41) is 1.93. The molecule has 2 aromatic heterocycles. The molecule has 104 valence electrons. The van der Waals surface area contributed by atoms with Crippen LogP contribution in [0.2, 0.25) is 0 Å². The lowest BCUT2D eigenvalue weighted by molar-refractivity contribution is 0.111. The summed E-state index contributed by atoms with van der Waals surface area (Å²) in [4.78, 5) is 19.0. The minimum absolute atomic E-state index is 0.318. The third-order valence-corrected chi connectivity index (χ3v) is 4.08. The largest absolute Gasteiger partial charge is 0.383 e. The number of nitrogens with zero attached hydrogens (tertiary/aromatic N) is 3. The molecule has 0 amide bonds. The minimum atomic E-state index is 0.318. The molecule has 2 aromatic rings. The number of carbonyl (C=O) groups excluding carboxylic acids is 1. The van der Waals surface area contributed by atoms with Crippen molar-refractivity contribution in [1.29, 1.82) is 0 Å². The van der Waals surface area contributed by atoms with Crippen molar-refractivity contribution in [3.05, 3.63) is 17.3 Å². The fourth-order valence-corrected chi connectivity index (χ4v) is 2.77. The van der Waals surface area contributed by atoms with Crippen LogP contribution in [0.3, 0.4) is 0 Å². The molecule has 0 spiro atoms. The van der Waals surface area contributed by atoms with E-state index >= 15 is 0 Å². The SMILES string of the molecule is CCC(C)N(CCOC)c1nc2sccn2c1C=O. The van der Waals surface area contributed by atoms with Gasteiger partial charge >= 0.3 is 0 Å². The molecule has 0 aliphatic heterocycles. The molecule has 0 aliphatic rings. The van der Waals surface area contributed by atoms with Gasteiger partial charge < -0.3 is 9.64 Å². The second-order valence-electron chi connectivity index (χ2n) is 4.44. The van der Waals surface area contributed by atoms with Crippen LogP contribution in [0.15, 0.2) is 11.6 Å². The number of aromatic nitrogens is 2. The van der Waals surface area contributed by atoms with Crippen LogP contribution >= 0.6 is 11.3 Å². The van der Waals surface area contributed by atoms with Gasteiger partial charge in [0.1, 0.15) is 5.69 Å². The predicted octanol–water partition coefficient (Wildman–Crippen LogP) is 2.46. The summed E-state index contributed by atoms with van der Waals surface area (Å²) >= 11 is 1.53. The summed E-state index contributed by atoms with van der Waals surface area (Å²) in [5.41, 5.74) is 0.618. The van der Waals surface area contributed by atoms with Gasteiger partial charge in [-0.2, -0.15) is 0 Å². The number of aldehydes is 1. The molecule has 2 rings (SSSR count). The number of rotatable bonds is 7. The fourth-order valence-electron chi connectivity index (χ4n) is 2.06. The normalized spacial score (nSPS) is 12.8. The second kappa shape index (κ2) is 6.16. The first-order valence-corrected chi connectivity index (χ1v) is 7.27. The van der Waals surface area contributed by atoms with E-state index in [1.165, 1.54) is 11.3 Å². The lowest BCUT2D eigenvalue weighted by Gasteiger charge is -2.28. The maximum Gasteiger partial charge on any atom is 0.196 e. The van der Waals surface area contributed by atoms with Crippen LogP contribution in [0.5, 0.6) is 0 Å². The van der Waals surface area contributed by atoms with Crippen LogP contribution in [-0.4, -0.2) is 42.0 Å². The molecule has 0 aromatic carbocycles. The molecule has 0 bridgehead atoms. The number of methoxy groups -OCH3 is 1. The fraction of sp³-hybridized carbons (Fsp3) is 0.538. The lowest BCUT2D eigenvalue weighted by atomic mass is 10.2. The van der Waals surface area contributed by atoms with Gasteiger partial charge in [-0.1, -0.05) is 6.92 Å². The number of hydrogen-bond acceptors (Lipinski definition) is 5. The molecule has 0 saturated carbocycles. The molecule has 1 unspecified atom stereocenters. The Labute approximate surface area is 116 Å². The molecule has 5 nitrogen and oxygen atoms in total. The Morgan fingerprint density at radius 2 is 2.42 bits per heavy atom. The van der Waals surface area contributed by atoms with Crippen LogP contribution < -0.4 is 4.90 Å². The van der Waals surface area contributed by atoms with Crippen LogP contribution in [0.1, 0.15) is 30.8 Å². The highest BCUT2D eigenvalue weighted by Gasteiger charge is 2.21. The van der Waals surface area contributed by atoms with Crippen LogP contribution in [0, 0.1) is 0 Å². The maximum absolute atomic E-state index is 11.4. The van der Waals surface area contributed by atoms with Gasteiger partial charge in [-0.15, -0.1) is 11.3 Å². The van der Waals surface area contributed by atoms with Crippen molar-refractivity contribution in [1.82, 2.24) is 9.38 Å². The van der Waals surface area contributed by atoms with E-state index in [1.54, 1.807) is 7.11 Å². The molecular formula is C13H19N3O2S. The van der Waals surface area contributed by atoms with Gasteiger partial charge in [0.25, 0.3) is 0 Å². The number of ether oxygens (including phenoxy) is 1. The molecule has 1 atom stereocenters. The molecule has 0 N–H and O–H groups in total. The summed E-state index contributed by atoms with van der Waals surface area (Å²) in [6.07, 6.45) is 3.75. The minimum Gasteiger partial charge on any atom is -0.383 e. The number of hydrogen-bond donors (Lipinski definition) is 0. The van der Waals surface area contributed by atoms with Gasteiger partial charge in [0.05, 0.1) is 6.61 Å².